The molecule has 106 valence electrons. The Labute approximate surface area is 123 Å². The molecule has 5 rings (SSSR count). The zero-order valence-corrected chi connectivity index (χ0v) is 12.1. The van der Waals surface area contributed by atoms with Gasteiger partial charge in [-0.25, -0.2) is 4.39 Å². The number of ketones is 1. The summed E-state index contributed by atoms with van der Waals surface area (Å²) >= 11 is 6.12. The lowest BCUT2D eigenvalue weighted by Crippen LogP contribution is -2.48. The molecule has 1 aromatic carbocycles. The maximum atomic E-state index is 13.4. The fraction of sp³-hybridized carbons (Fsp3) is 0.588. The Hall–Kier alpha value is -0.890. The average Bonchev–Trinajstić information content (AvgIpc) is 2.40. The molecule has 0 unspecified atom stereocenters. The highest BCUT2D eigenvalue weighted by atomic mass is 35.5. The van der Waals surface area contributed by atoms with Crippen LogP contribution in [0.5, 0.6) is 0 Å². The van der Waals surface area contributed by atoms with E-state index in [2.05, 4.69) is 0 Å². The number of hydrogen-bond donors (Lipinski definition) is 0. The first-order chi connectivity index (χ1) is 9.61. The summed E-state index contributed by atoms with van der Waals surface area (Å²) < 4.78 is 13.4. The highest BCUT2D eigenvalue weighted by Gasteiger charge is 2.50. The van der Waals surface area contributed by atoms with Crippen LogP contribution in [0.3, 0.4) is 0 Å². The third kappa shape index (κ3) is 1.92. The van der Waals surface area contributed by atoms with Crippen molar-refractivity contribution in [1.82, 2.24) is 0 Å². The van der Waals surface area contributed by atoms with E-state index in [-0.39, 0.29) is 17.5 Å². The van der Waals surface area contributed by atoms with Crippen LogP contribution < -0.4 is 0 Å². The molecule has 0 aromatic heterocycles. The Kier molecular flexibility index (Phi) is 2.92. The van der Waals surface area contributed by atoms with Crippen LogP contribution in [0.1, 0.15) is 42.5 Å². The van der Waals surface area contributed by atoms with E-state index in [1.165, 1.54) is 50.3 Å². The molecular formula is C17H18ClFO. The van der Waals surface area contributed by atoms with Gasteiger partial charge in [0.05, 0.1) is 5.02 Å². The van der Waals surface area contributed by atoms with Crippen molar-refractivity contribution in [1.29, 1.82) is 0 Å². The minimum atomic E-state index is -0.374. The van der Waals surface area contributed by atoms with Crippen LogP contribution in [-0.2, 0) is 0 Å². The molecule has 4 fully saturated rings. The summed E-state index contributed by atoms with van der Waals surface area (Å²) in [6, 6.07) is 4.13. The standard InChI is InChI=1S/C17H18ClFO/c18-15-2-1-13(19)8-14(15)17(20)16-11-4-9-3-10(6-11)7-12(16)5-9/h1-2,8-12,16H,3-7H2. The Morgan fingerprint density at radius 1 is 1.05 bits per heavy atom. The van der Waals surface area contributed by atoms with E-state index >= 15 is 0 Å². The van der Waals surface area contributed by atoms with Gasteiger partial charge in [0.15, 0.2) is 5.78 Å². The number of hydrogen-bond acceptors (Lipinski definition) is 1. The summed E-state index contributed by atoms with van der Waals surface area (Å²) in [5, 5.41) is 0.394. The first-order valence-corrected chi connectivity index (χ1v) is 7.99. The topological polar surface area (TPSA) is 17.1 Å². The summed E-state index contributed by atoms with van der Waals surface area (Å²) in [4.78, 5) is 12.9. The fourth-order valence-electron chi connectivity index (χ4n) is 5.22. The Morgan fingerprint density at radius 2 is 1.65 bits per heavy atom. The molecule has 4 aliphatic carbocycles. The van der Waals surface area contributed by atoms with E-state index < -0.39 is 0 Å². The van der Waals surface area contributed by atoms with Crippen LogP contribution in [0.25, 0.3) is 0 Å². The van der Waals surface area contributed by atoms with Gasteiger partial charge in [-0.15, -0.1) is 0 Å². The predicted octanol–water partition coefficient (Wildman–Crippen LogP) is 4.73. The second-order valence-electron chi connectivity index (χ2n) is 6.94. The third-order valence-electron chi connectivity index (χ3n) is 5.72. The Morgan fingerprint density at radius 3 is 2.25 bits per heavy atom. The van der Waals surface area contributed by atoms with E-state index in [4.69, 9.17) is 11.6 Å². The zero-order valence-electron chi connectivity index (χ0n) is 11.3. The number of rotatable bonds is 2. The van der Waals surface area contributed by atoms with Crippen molar-refractivity contribution in [2.75, 3.05) is 0 Å². The first-order valence-electron chi connectivity index (χ1n) is 7.61. The molecule has 0 N–H and O–H groups in total. The molecule has 1 aromatic rings. The quantitative estimate of drug-likeness (QED) is 0.720. The lowest BCUT2D eigenvalue weighted by atomic mass is 9.51. The molecule has 0 spiro atoms. The van der Waals surface area contributed by atoms with Gasteiger partial charge in [-0.2, -0.15) is 0 Å². The molecule has 4 aliphatic rings. The van der Waals surface area contributed by atoms with Crippen molar-refractivity contribution in [3.8, 4) is 0 Å². The highest BCUT2D eigenvalue weighted by molar-refractivity contribution is 6.34. The van der Waals surface area contributed by atoms with E-state index in [0.29, 0.717) is 22.4 Å². The second kappa shape index (κ2) is 4.56. The van der Waals surface area contributed by atoms with Gasteiger partial charge in [0.1, 0.15) is 5.82 Å². The normalized spacial score (nSPS) is 38.2. The Bertz CT molecular complexity index is 540. The summed E-state index contributed by atoms with van der Waals surface area (Å²) in [5.41, 5.74) is 0.393. The zero-order chi connectivity index (χ0) is 13.9. The molecule has 3 heteroatoms. The van der Waals surface area contributed by atoms with Crippen molar-refractivity contribution in [2.24, 2.45) is 29.6 Å². The number of carbonyl (C=O) groups excluding carboxylic acids is 1. The smallest absolute Gasteiger partial charge is 0.168 e. The molecule has 0 amide bonds. The van der Waals surface area contributed by atoms with Gasteiger partial charge >= 0.3 is 0 Å². The van der Waals surface area contributed by atoms with Crippen LogP contribution in [0.2, 0.25) is 5.02 Å². The average molecular weight is 293 g/mol. The maximum absolute atomic E-state index is 13.4. The lowest BCUT2D eigenvalue weighted by molar-refractivity contribution is -0.0251. The SMILES string of the molecule is O=C(c1cc(F)ccc1Cl)C1C2CC3CC(C2)CC1C3. The first kappa shape index (κ1) is 12.8. The maximum Gasteiger partial charge on any atom is 0.168 e. The minimum absolute atomic E-state index is 0.0853. The molecular weight excluding hydrogens is 275 g/mol. The van der Waals surface area contributed by atoms with Gasteiger partial charge in [0.2, 0.25) is 0 Å². The summed E-state index contributed by atoms with van der Waals surface area (Å²) in [7, 11) is 0. The summed E-state index contributed by atoms with van der Waals surface area (Å²) in [6.45, 7) is 0. The van der Waals surface area contributed by atoms with E-state index in [1.54, 1.807) is 0 Å². The van der Waals surface area contributed by atoms with Crippen LogP contribution in [0, 0.1) is 35.4 Å². The molecule has 4 saturated carbocycles. The molecule has 0 aliphatic heterocycles. The molecule has 0 heterocycles. The number of halogens is 2. The molecule has 0 atom stereocenters. The van der Waals surface area contributed by atoms with E-state index in [0.717, 1.165) is 11.8 Å². The Balaban J connectivity index is 1.67. The van der Waals surface area contributed by atoms with Crippen LogP contribution in [0.4, 0.5) is 4.39 Å². The minimum Gasteiger partial charge on any atom is -0.294 e. The number of carbonyl (C=O) groups is 1. The summed E-state index contributed by atoms with van der Waals surface area (Å²) in [6.07, 6.45) is 6.13. The van der Waals surface area contributed by atoms with Crippen LogP contribution >= 0.6 is 11.6 Å². The van der Waals surface area contributed by atoms with Crippen molar-refractivity contribution in [3.05, 3.63) is 34.6 Å². The van der Waals surface area contributed by atoms with Crippen molar-refractivity contribution >= 4 is 17.4 Å². The van der Waals surface area contributed by atoms with Crippen LogP contribution in [0.15, 0.2) is 18.2 Å². The van der Waals surface area contributed by atoms with Gasteiger partial charge in [0, 0.05) is 11.5 Å². The summed E-state index contributed by atoms with van der Waals surface area (Å²) in [5.74, 6) is 2.50. The predicted molar refractivity (Wildman–Crippen MR) is 76.3 cm³/mol. The van der Waals surface area contributed by atoms with E-state index in [1.807, 2.05) is 0 Å². The van der Waals surface area contributed by atoms with Crippen molar-refractivity contribution < 1.29 is 9.18 Å². The largest absolute Gasteiger partial charge is 0.294 e. The second-order valence-corrected chi connectivity index (χ2v) is 7.35. The van der Waals surface area contributed by atoms with Gasteiger partial charge in [0.25, 0.3) is 0 Å². The third-order valence-corrected chi connectivity index (χ3v) is 6.05. The van der Waals surface area contributed by atoms with Crippen LogP contribution in [-0.4, -0.2) is 5.78 Å². The van der Waals surface area contributed by atoms with E-state index in [9.17, 15) is 9.18 Å². The van der Waals surface area contributed by atoms with Gasteiger partial charge in [-0.1, -0.05) is 11.6 Å². The monoisotopic (exact) mass is 292 g/mol. The van der Waals surface area contributed by atoms with Gasteiger partial charge in [-0.3, -0.25) is 4.79 Å². The van der Waals surface area contributed by atoms with Gasteiger partial charge in [-0.05, 0) is 74.0 Å². The van der Waals surface area contributed by atoms with Crippen molar-refractivity contribution in [2.45, 2.75) is 32.1 Å². The molecule has 1 nitrogen and oxygen atoms in total. The van der Waals surface area contributed by atoms with Gasteiger partial charge < -0.3 is 0 Å². The highest BCUT2D eigenvalue weighted by Crippen LogP contribution is 2.57. The molecule has 4 bridgehead atoms. The van der Waals surface area contributed by atoms with Crippen molar-refractivity contribution in [3.63, 3.8) is 0 Å². The lowest BCUT2D eigenvalue weighted by Gasteiger charge is -2.53. The number of Topliss-reactive ketones (excluding diaryl/α,β-unsaturated/α-hetero) is 1. The molecule has 0 saturated heterocycles. The molecule has 20 heavy (non-hydrogen) atoms. The molecule has 0 radical (unpaired) electrons. The fourth-order valence-corrected chi connectivity index (χ4v) is 5.43. The number of benzene rings is 1.